The Bertz CT molecular complexity index is 990. The summed E-state index contributed by atoms with van der Waals surface area (Å²) in [7, 11) is 0. The third-order valence-electron chi connectivity index (χ3n) is 3.81. The van der Waals surface area contributed by atoms with Gasteiger partial charge in [-0.2, -0.15) is 5.26 Å². The molecule has 4 nitrogen and oxygen atoms in total. The van der Waals surface area contributed by atoms with Gasteiger partial charge < -0.3 is 4.40 Å². The van der Waals surface area contributed by atoms with E-state index in [0.717, 1.165) is 0 Å². The van der Waals surface area contributed by atoms with Gasteiger partial charge in [-0.3, -0.25) is 9.59 Å². The molecule has 0 saturated heterocycles. The molecule has 0 saturated carbocycles. The van der Waals surface area contributed by atoms with E-state index in [-0.39, 0.29) is 28.4 Å². The molecule has 1 aromatic carbocycles. The molecule has 2 aromatic heterocycles. The van der Waals surface area contributed by atoms with Crippen molar-refractivity contribution in [3.05, 3.63) is 76.6 Å². The third-order valence-corrected chi connectivity index (χ3v) is 3.81. The second-order valence-corrected chi connectivity index (χ2v) is 4.87. The van der Waals surface area contributed by atoms with Gasteiger partial charge in [0.2, 0.25) is 5.78 Å². The minimum atomic E-state index is -0.263. The van der Waals surface area contributed by atoms with Crippen LogP contribution in [-0.2, 0) is 0 Å². The van der Waals surface area contributed by atoms with Crippen LogP contribution in [0.2, 0.25) is 0 Å². The Kier molecular flexibility index (Phi) is 2.16. The van der Waals surface area contributed by atoms with Gasteiger partial charge in [0, 0.05) is 17.3 Å². The van der Waals surface area contributed by atoms with Crippen molar-refractivity contribution in [2.75, 3.05) is 0 Å². The molecule has 0 amide bonds. The molecule has 3 aromatic rings. The van der Waals surface area contributed by atoms with Crippen LogP contribution >= 0.6 is 0 Å². The number of carbonyl (C=O) groups excluding carboxylic acids is 2. The van der Waals surface area contributed by atoms with Gasteiger partial charge in [-0.1, -0.05) is 30.3 Å². The highest BCUT2D eigenvalue weighted by molar-refractivity contribution is 6.29. The summed E-state index contributed by atoms with van der Waals surface area (Å²) >= 11 is 0. The average Bonchev–Trinajstić information content (AvgIpc) is 2.87. The SMILES string of the molecule is N#Cc1c2c(n3ccccc13)C(=O)c1ccccc1C2=O. The van der Waals surface area contributed by atoms with E-state index in [4.69, 9.17) is 0 Å². The fourth-order valence-electron chi connectivity index (χ4n) is 2.91. The number of nitriles is 1. The lowest BCUT2D eigenvalue weighted by atomic mass is 9.86. The van der Waals surface area contributed by atoms with Crippen molar-refractivity contribution in [3.8, 4) is 6.07 Å². The fourth-order valence-corrected chi connectivity index (χ4v) is 2.91. The van der Waals surface area contributed by atoms with E-state index in [2.05, 4.69) is 6.07 Å². The van der Waals surface area contributed by atoms with E-state index in [1.807, 2.05) is 0 Å². The van der Waals surface area contributed by atoms with Crippen molar-refractivity contribution in [2.24, 2.45) is 0 Å². The number of hydrogen-bond donors (Lipinski definition) is 0. The zero-order valence-corrected chi connectivity index (χ0v) is 10.8. The summed E-state index contributed by atoms with van der Waals surface area (Å²) in [4.78, 5) is 25.4. The van der Waals surface area contributed by atoms with Crippen molar-refractivity contribution in [2.45, 2.75) is 0 Å². The Hall–Kier alpha value is -3.19. The molecule has 2 heterocycles. The summed E-state index contributed by atoms with van der Waals surface area (Å²) < 4.78 is 1.63. The highest BCUT2D eigenvalue weighted by Crippen LogP contribution is 2.32. The van der Waals surface area contributed by atoms with E-state index in [9.17, 15) is 14.9 Å². The van der Waals surface area contributed by atoms with Gasteiger partial charge in [-0.15, -0.1) is 0 Å². The predicted molar refractivity (Wildman–Crippen MR) is 75.4 cm³/mol. The molecule has 0 radical (unpaired) electrons. The highest BCUT2D eigenvalue weighted by atomic mass is 16.1. The number of carbonyl (C=O) groups is 2. The van der Waals surface area contributed by atoms with E-state index in [0.29, 0.717) is 16.6 Å². The van der Waals surface area contributed by atoms with Crippen LogP contribution in [0.3, 0.4) is 0 Å². The average molecular weight is 272 g/mol. The summed E-state index contributed by atoms with van der Waals surface area (Å²) in [5.74, 6) is -0.483. The molecule has 0 N–H and O–H groups in total. The number of benzene rings is 1. The van der Waals surface area contributed by atoms with Crippen molar-refractivity contribution >= 4 is 17.1 Å². The van der Waals surface area contributed by atoms with Crippen LogP contribution in [0.4, 0.5) is 0 Å². The van der Waals surface area contributed by atoms with Crippen molar-refractivity contribution in [3.63, 3.8) is 0 Å². The maximum atomic E-state index is 12.7. The Morgan fingerprint density at radius 2 is 1.57 bits per heavy atom. The topological polar surface area (TPSA) is 62.3 Å². The molecule has 0 spiro atoms. The van der Waals surface area contributed by atoms with Gasteiger partial charge in [0.15, 0.2) is 5.78 Å². The van der Waals surface area contributed by atoms with Gasteiger partial charge >= 0.3 is 0 Å². The smallest absolute Gasteiger partial charge is 0.211 e. The van der Waals surface area contributed by atoms with Crippen LogP contribution < -0.4 is 0 Å². The first-order valence-corrected chi connectivity index (χ1v) is 6.45. The summed E-state index contributed by atoms with van der Waals surface area (Å²) in [5, 5.41) is 9.41. The Balaban J connectivity index is 2.21. The Morgan fingerprint density at radius 3 is 2.29 bits per heavy atom. The summed E-state index contributed by atoms with van der Waals surface area (Å²) in [6.45, 7) is 0. The van der Waals surface area contributed by atoms with Crippen LogP contribution in [0.5, 0.6) is 0 Å². The minimum absolute atomic E-state index is 0.215. The molecule has 4 rings (SSSR count). The molecule has 0 atom stereocenters. The second-order valence-electron chi connectivity index (χ2n) is 4.87. The van der Waals surface area contributed by atoms with Crippen LogP contribution in [0.15, 0.2) is 48.7 Å². The molecule has 4 heteroatoms. The van der Waals surface area contributed by atoms with E-state index in [1.165, 1.54) is 0 Å². The maximum absolute atomic E-state index is 12.7. The van der Waals surface area contributed by atoms with Gasteiger partial charge in [-0.25, -0.2) is 0 Å². The third kappa shape index (κ3) is 1.32. The standard InChI is InChI=1S/C17H8N2O2/c18-9-12-13-7-3-4-8-19(13)15-14(12)16(20)10-5-1-2-6-11(10)17(15)21/h1-8H. The molecule has 1 aliphatic rings. The first-order chi connectivity index (χ1) is 10.2. The van der Waals surface area contributed by atoms with E-state index < -0.39 is 0 Å². The molecule has 0 bridgehead atoms. The van der Waals surface area contributed by atoms with Crippen molar-refractivity contribution in [1.29, 1.82) is 5.26 Å². The maximum Gasteiger partial charge on any atom is 0.211 e. The molecular formula is C17H8N2O2. The normalized spacial score (nSPS) is 12.9. The monoisotopic (exact) mass is 272 g/mol. The van der Waals surface area contributed by atoms with Gasteiger partial charge in [-0.05, 0) is 12.1 Å². The number of hydrogen-bond acceptors (Lipinski definition) is 3. The first-order valence-electron chi connectivity index (χ1n) is 6.45. The van der Waals surface area contributed by atoms with Gasteiger partial charge in [0.25, 0.3) is 0 Å². The minimum Gasteiger partial charge on any atom is -0.312 e. The number of nitrogens with zero attached hydrogens (tertiary/aromatic N) is 2. The number of rotatable bonds is 0. The summed E-state index contributed by atoms with van der Waals surface area (Å²) in [5.41, 5.74) is 2.10. The summed E-state index contributed by atoms with van der Waals surface area (Å²) in [6.07, 6.45) is 1.70. The van der Waals surface area contributed by atoms with E-state index >= 15 is 0 Å². The second kappa shape index (κ2) is 3.90. The number of aromatic nitrogens is 1. The summed E-state index contributed by atoms with van der Waals surface area (Å²) in [6, 6.07) is 14.1. The number of fused-ring (bicyclic) bond motifs is 4. The lowest BCUT2D eigenvalue weighted by Gasteiger charge is -2.14. The molecule has 1 aliphatic carbocycles. The Labute approximate surface area is 119 Å². The predicted octanol–water partition coefficient (Wildman–Crippen LogP) is 2.59. The molecule has 0 unspecified atom stereocenters. The van der Waals surface area contributed by atoms with Crippen LogP contribution in [-0.4, -0.2) is 16.0 Å². The largest absolute Gasteiger partial charge is 0.312 e. The quantitative estimate of drug-likeness (QED) is 0.494. The highest BCUT2D eigenvalue weighted by Gasteiger charge is 2.35. The molecular weight excluding hydrogens is 264 g/mol. The van der Waals surface area contributed by atoms with Gasteiger partial charge in [0.05, 0.1) is 16.6 Å². The molecule has 0 fully saturated rings. The zero-order chi connectivity index (χ0) is 14.6. The van der Waals surface area contributed by atoms with Gasteiger partial charge in [0.1, 0.15) is 11.8 Å². The number of ketones is 2. The fraction of sp³-hybridized carbons (Fsp3) is 0. The van der Waals surface area contributed by atoms with Crippen molar-refractivity contribution in [1.82, 2.24) is 4.40 Å². The van der Waals surface area contributed by atoms with Crippen LogP contribution in [0.25, 0.3) is 5.52 Å². The first kappa shape index (κ1) is 11.6. The van der Waals surface area contributed by atoms with Crippen molar-refractivity contribution < 1.29 is 9.59 Å². The molecule has 0 aliphatic heterocycles. The van der Waals surface area contributed by atoms with Crippen LogP contribution in [0.1, 0.15) is 37.5 Å². The molecule has 21 heavy (non-hydrogen) atoms. The lowest BCUT2D eigenvalue weighted by molar-refractivity contribution is 0.0975. The number of pyridine rings is 1. The van der Waals surface area contributed by atoms with Crippen LogP contribution in [0, 0.1) is 11.3 Å². The lowest BCUT2D eigenvalue weighted by Crippen LogP contribution is -2.21. The molecule has 98 valence electrons. The Morgan fingerprint density at radius 1 is 0.905 bits per heavy atom. The van der Waals surface area contributed by atoms with E-state index in [1.54, 1.807) is 53.1 Å². The zero-order valence-electron chi connectivity index (χ0n) is 10.8.